The average molecular weight is 347 g/mol. The molecule has 0 amide bonds. The van der Waals surface area contributed by atoms with Crippen molar-refractivity contribution in [1.29, 1.82) is 0 Å². The van der Waals surface area contributed by atoms with Crippen LogP contribution in [0.3, 0.4) is 0 Å². The molecule has 0 saturated heterocycles. The van der Waals surface area contributed by atoms with E-state index >= 15 is 0 Å². The van der Waals surface area contributed by atoms with Gasteiger partial charge in [0.15, 0.2) is 0 Å². The molecule has 26 heavy (non-hydrogen) atoms. The quantitative estimate of drug-likeness (QED) is 0.614. The second kappa shape index (κ2) is 6.22. The number of hydrogen-bond acceptors (Lipinski definition) is 4. The number of nitrogen functional groups attached to an aromatic ring is 1. The van der Waals surface area contributed by atoms with Crippen LogP contribution >= 0.6 is 0 Å². The van der Waals surface area contributed by atoms with E-state index in [1.807, 2.05) is 42.5 Å². The molecule has 0 radical (unpaired) electrons. The number of rotatable bonds is 4. The van der Waals surface area contributed by atoms with E-state index in [2.05, 4.69) is 39.8 Å². The monoisotopic (exact) mass is 347 g/mol. The first-order valence-corrected chi connectivity index (χ1v) is 8.42. The molecule has 0 spiro atoms. The predicted octanol–water partition coefficient (Wildman–Crippen LogP) is 3.38. The number of aryl methyl sites for hydroxylation is 2. The molecule has 0 atom stereocenters. The van der Waals surface area contributed by atoms with Gasteiger partial charge in [0.1, 0.15) is 11.6 Å². The molecule has 6 heteroatoms. The van der Waals surface area contributed by atoms with Crippen LogP contribution in [0.1, 0.15) is 11.1 Å². The van der Waals surface area contributed by atoms with Gasteiger partial charge < -0.3 is 15.0 Å². The third kappa shape index (κ3) is 2.79. The van der Waals surface area contributed by atoms with Crippen LogP contribution in [0.15, 0.2) is 48.9 Å². The lowest BCUT2D eigenvalue weighted by atomic mass is 10.1. The molecule has 0 saturated carbocycles. The van der Waals surface area contributed by atoms with Crippen molar-refractivity contribution < 1.29 is 4.74 Å². The Kier molecular flexibility index (Phi) is 3.88. The van der Waals surface area contributed by atoms with Crippen LogP contribution in [0.4, 0.5) is 5.82 Å². The van der Waals surface area contributed by atoms with Crippen molar-refractivity contribution in [3.63, 3.8) is 0 Å². The van der Waals surface area contributed by atoms with Crippen molar-refractivity contribution in [2.45, 2.75) is 13.5 Å². The minimum absolute atomic E-state index is 0.515. The lowest BCUT2D eigenvalue weighted by Crippen LogP contribution is -2.04. The fourth-order valence-corrected chi connectivity index (χ4v) is 3.28. The molecule has 0 aliphatic rings. The summed E-state index contributed by atoms with van der Waals surface area (Å²) in [6, 6.07) is 10.2. The average Bonchev–Trinajstić information content (AvgIpc) is 3.20. The minimum Gasteiger partial charge on any atom is -0.497 e. The van der Waals surface area contributed by atoms with Gasteiger partial charge in [-0.2, -0.15) is 5.10 Å². The van der Waals surface area contributed by atoms with Gasteiger partial charge in [0.25, 0.3) is 0 Å². The molecular weight excluding hydrogens is 326 g/mol. The molecule has 0 bridgehead atoms. The smallest absolute Gasteiger partial charge is 0.125 e. The number of pyridine rings is 1. The van der Waals surface area contributed by atoms with Crippen molar-refractivity contribution >= 4 is 16.7 Å². The maximum atomic E-state index is 5.95. The minimum atomic E-state index is 0.515. The first-order valence-electron chi connectivity index (χ1n) is 8.42. The van der Waals surface area contributed by atoms with Crippen molar-refractivity contribution in [2.24, 2.45) is 7.05 Å². The SMILES string of the molecule is COc1ccc(Cn2c(-c3cnn(C)c3)cc3cnc(N)cc32)c(C)c1. The number of aromatic nitrogens is 4. The fourth-order valence-electron chi connectivity index (χ4n) is 3.28. The van der Waals surface area contributed by atoms with Gasteiger partial charge in [0, 0.05) is 43.0 Å². The van der Waals surface area contributed by atoms with E-state index in [1.54, 1.807) is 7.11 Å². The highest BCUT2D eigenvalue weighted by molar-refractivity contribution is 5.87. The van der Waals surface area contributed by atoms with Crippen molar-refractivity contribution in [3.8, 4) is 17.0 Å². The zero-order valence-corrected chi connectivity index (χ0v) is 15.1. The summed E-state index contributed by atoms with van der Waals surface area (Å²) in [5, 5.41) is 5.38. The lowest BCUT2D eigenvalue weighted by molar-refractivity contribution is 0.414. The molecule has 0 aliphatic carbocycles. The van der Waals surface area contributed by atoms with Crippen LogP contribution in [0.5, 0.6) is 5.75 Å². The molecular formula is C20H21N5O. The zero-order chi connectivity index (χ0) is 18.3. The Morgan fingerprint density at radius 3 is 2.69 bits per heavy atom. The van der Waals surface area contributed by atoms with E-state index in [9.17, 15) is 0 Å². The Morgan fingerprint density at radius 2 is 2.00 bits per heavy atom. The summed E-state index contributed by atoms with van der Waals surface area (Å²) >= 11 is 0. The highest BCUT2D eigenvalue weighted by atomic mass is 16.5. The van der Waals surface area contributed by atoms with Crippen LogP contribution in [-0.4, -0.2) is 26.4 Å². The Hall–Kier alpha value is -3.28. The molecule has 0 unspecified atom stereocenters. The Balaban J connectivity index is 1.88. The number of ether oxygens (including phenoxy) is 1. The largest absolute Gasteiger partial charge is 0.497 e. The van der Waals surface area contributed by atoms with E-state index in [0.717, 1.165) is 34.5 Å². The van der Waals surface area contributed by atoms with Gasteiger partial charge in [-0.1, -0.05) is 6.07 Å². The predicted molar refractivity (Wildman–Crippen MR) is 103 cm³/mol. The van der Waals surface area contributed by atoms with Gasteiger partial charge in [-0.15, -0.1) is 0 Å². The van der Waals surface area contributed by atoms with Gasteiger partial charge >= 0.3 is 0 Å². The molecule has 2 N–H and O–H groups in total. The summed E-state index contributed by atoms with van der Waals surface area (Å²) in [4.78, 5) is 4.23. The van der Waals surface area contributed by atoms with E-state index in [-0.39, 0.29) is 0 Å². The second-order valence-corrected chi connectivity index (χ2v) is 6.48. The van der Waals surface area contributed by atoms with E-state index in [4.69, 9.17) is 10.5 Å². The van der Waals surface area contributed by atoms with Crippen LogP contribution in [0, 0.1) is 6.92 Å². The maximum absolute atomic E-state index is 5.95. The molecule has 0 aliphatic heterocycles. The molecule has 4 aromatic rings. The van der Waals surface area contributed by atoms with Gasteiger partial charge in [-0.3, -0.25) is 4.68 Å². The number of anilines is 1. The lowest BCUT2D eigenvalue weighted by Gasteiger charge is -2.13. The Morgan fingerprint density at radius 1 is 1.15 bits per heavy atom. The summed E-state index contributed by atoms with van der Waals surface area (Å²) in [6.07, 6.45) is 5.71. The Bertz CT molecular complexity index is 1090. The fraction of sp³-hybridized carbons (Fsp3) is 0.200. The van der Waals surface area contributed by atoms with Gasteiger partial charge in [-0.05, 0) is 36.2 Å². The van der Waals surface area contributed by atoms with Crippen LogP contribution in [0.25, 0.3) is 22.2 Å². The number of nitrogens with zero attached hydrogens (tertiary/aromatic N) is 4. The van der Waals surface area contributed by atoms with Crippen LogP contribution in [0.2, 0.25) is 0 Å². The molecule has 132 valence electrons. The molecule has 3 aromatic heterocycles. The van der Waals surface area contributed by atoms with E-state index in [1.165, 1.54) is 11.1 Å². The van der Waals surface area contributed by atoms with Gasteiger partial charge in [0.05, 0.1) is 24.5 Å². The molecule has 1 aromatic carbocycles. The number of methoxy groups -OCH3 is 1. The number of hydrogen-bond donors (Lipinski definition) is 1. The zero-order valence-electron chi connectivity index (χ0n) is 15.1. The summed E-state index contributed by atoms with van der Waals surface area (Å²) in [5.41, 5.74) is 11.6. The standard InChI is InChI=1S/C20H21N5O/c1-13-6-17(26-3)5-4-14(13)12-25-18(16-10-23-24(2)11-16)7-15-9-22-20(21)8-19(15)25/h4-11H,12H2,1-3H3,(H2,21,22). The second-order valence-electron chi connectivity index (χ2n) is 6.48. The van der Waals surface area contributed by atoms with Crippen LogP contribution < -0.4 is 10.5 Å². The molecule has 0 fully saturated rings. The normalized spacial score (nSPS) is 11.2. The van der Waals surface area contributed by atoms with Crippen molar-refractivity contribution in [3.05, 3.63) is 60.0 Å². The summed E-state index contributed by atoms with van der Waals surface area (Å²) < 4.78 is 9.40. The maximum Gasteiger partial charge on any atom is 0.125 e. The molecule has 4 rings (SSSR count). The first-order chi connectivity index (χ1) is 12.5. The molecule has 3 heterocycles. The summed E-state index contributed by atoms with van der Waals surface area (Å²) in [7, 11) is 3.61. The Labute approximate surface area is 151 Å². The van der Waals surface area contributed by atoms with Crippen LogP contribution in [-0.2, 0) is 13.6 Å². The van der Waals surface area contributed by atoms with Crippen molar-refractivity contribution in [1.82, 2.24) is 19.3 Å². The summed E-state index contributed by atoms with van der Waals surface area (Å²) in [5.74, 6) is 1.38. The third-order valence-electron chi connectivity index (χ3n) is 4.69. The molecule has 6 nitrogen and oxygen atoms in total. The highest BCUT2D eigenvalue weighted by Crippen LogP contribution is 2.30. The van der Waals surface area contributed by atoms with E-state index in [0.29, 0.717) is 5.82 Å². The van der Waals surface area contributed by atoms with Gasteiger partial charge in [0.2, 0.25) is 0 Å². The number of fused-ring (bicyclic) bond motifs is 1. The number of benzene rings is 1. The van der Waals surface area contributed by atoms with Gasteiger partial charge in [-0.25, -0.2) is 4.98 Å². The first kappa shape index (κ1) is 16.2. The topological polar surface area (TPSA) is 70.9 Å². The summed E-state index contributed by atoms with van der Waals surface area (Å²) in [6.45, 7) is 2.83. The third-order valence-corrected chi connectivity index (χ3v) is 4.69. The van der Waals surface area contributed by atoms with E-state index < -0.39 is 0 Å². The number of nitrogens with two attached hydrogens (primary N) is 1. The van der Waals surface area contributed by atoms with Crippen molar-refractivity contribution in [2.75, 3.05) is 12.8 Å². The highest BCUT2D eigenvalue weighted by Gasteiger charge is 2.14.